The molecule has 1 fully saturated rings. The minimum atomic E-state index is 0.575. The number of hydrogen-bond donors (Lipinski definition) is 2. The zero-order chi connectivity index (χ0) is 11.8. The van der Waals surface area contributed by atoms with Crippen LogP contribution in [0.5, 0.6) is 0 Å². The molecule has 94 valence electrons. The SMILES string of the molecule is CN=C(NCCOC)NC1CCC(SC)C1. The van der Waals surface area contributed by atoms with Gasteiger partial charge in [0.25, 0.3) is 0 Å². The smallest absolute Gasteiger partial charge is 0.191 e. The van der Waals surface area contributed by atoms with Gasteiger partial charge < -0.3 is 15.4 Å². The number of methoxy groups -OCH3 is 1. The van der Waals surface area contributed by atoms with E-state index in [4.69, 9.17) is 4.74 Å². The molecule has 0 amide bonds. The Kier molecular flexibility index (Phi) is 6.64. The lowest BCUT2D eigenvalue weighted by molar-refractivity contribution is 0.203. The van der Waals surface area contributed by atoms with Crippen LogP contribution in [0.15, 0.2) is 4.99 Å². The quantitative estimate of drug-likeness (QED) is 0.432. The van der Waals surface area contributed by atoms with Crippen molar-refractivity contribution in [3.63, 3.8) is 0 Å². The molecule has 0 bridgehead atoms. The van der Waals surface area contributed by atoms with E-state index in [0.717, 1.165) is 17.8 Å². The van der Waals surface area contributed by atoms with Crippen molar-refractivity contribution >= 4 is 17.7 Å². The van der Waals surface area contributed by atoms with E-state index in [1.165, 1.54) is 19.3 Å². The topological polar surface area (TPSA) is 45.7 Å². The fourth-order valence-electron chi connectivity index (χ4n) is 1.94. The molecule has 5 heteroatoms. The van der Waals surface area contributed by atoms with Crippen LogP contribution in [0.2, 0.25) is 0 Å². The number of aliphatic imine (C=N–C) groups is 1. The Bertz CT molecular complexity index is 223. The van der Waals surface area contributed by atoms with Gasteiger partial charge in [0, 0.05) is 32.0 Å². The van der Waals surface area contributed by atoms with E-state index in [9.17, 15) is 0 Å². The molecular weight excluding hydrogens is 222 g/mol. The second-order valence-electron chi connectivity index (χ2n) is 4.00. The van der Waals surface area contributed by atoms with Crippen LogP contribution in [0.25, 0.3) is 0 Å². The minimum absolute atomic E-state index is 0.575. The van der Waals surface area contributed by atoms with E-state index in [0.29, 0.717) is 12.6 Å². The maximum Gasteiger partial charge on any atom is 0.191 e. The van der Waals surface area contributed by atoms with Gasteiger partial charge in [-0.25, -0.2) is 0 Å². The summed E-state index contributed by atoms with van der Waals surface area (Å²) in [5.41, 5.74) is 0. The molecule has 4 nitrogen and oxygen atoms in total. The van der Waals surface area contributed by atoms with Gasteiger partial charge in [0.05, 0.1) is 6.61 Å². The molecule has 0 aromatic rings. The zero-order valence-electron chi connectivity index (χ0n) is 10.5. The summed E-state index contributed by atoms with van der Waals surface area (Å²) in [5, 5.41) is 7.51. The molecule has 2 N–H and O–H groups in total. The largest absolute Gasteiger partial charge is 0.383 e. The molecule has 0 aromatic carbocycles. The highest BCUT2D eigenvalue weighted by Gasteiger charge is 2.24. The van der Waals surface area contributed by atoms with Gasteiger partial charge in [-0.05, 0) is 25.5 Å². The van der Waals surface area contributed by atoms with E-state index in [-0.39, 0.29) is 0 Å². The molecule has 1 saturated carbocycles. The summed E-state index contributed by atoms with van der Waals surface area (Å²) in [6, 6.07) is 0.575. The minimum Gasteiger partial charge on any atom is -0.383 e. The Morgan fingerprint density at radius 3 is 2.88 bits per heavy atom. The molecule has 0 heterocycles. The number of ether oxygens (including phenoxy) is 1. The maximum atomic E-state index is 4.99. The molecule has 0 radical (unpaired) electrons. The number of nitrogens with one attached hydrogen (secondary N) is 2. The van der Waals surface area contributed by atoms with Crippen LogP contribution < -0.4 is 10.6 Å². The summed E-state index contributed by atoms with van der Waals surface area (Å²) in [4.78, 5) is 4.21. The molecule has 2 atom stereocenters. The Morgan fingerprint density at radius 2 is 2.31 bits per heavy atom. The molecular formula is C11H23N3OS. The van der Waals surface area contributed by atoms with Crippen LogP contribution in [-0.2, 0) is 4.74 Å². The third-order valence-electron chi connectivity index (χ3n) is 2.88. The number of rotatable bonds is 5. The molecule has 0 spiro atoms. The average molecular weight is 245 g/mol. The van der Waals surface area contributed by atoms with Crippen molar-refractivity contribution in [3.8, 4) is 0 Å². The predicted molar refractivity (Wildman–Crippen MR) is 71.3 cm³/mol. The molecule has 0 saturated heterocycles. The van der Waals surface area contributed by atoms with Gasteiger partial charge in [0.2, 0.25) is 0 Å². The Labute approximate surface area is 103 Å². The second-order valence-corrected chi connectivity index (χ2v) is 5.14. The lowest BCUT2D eigenvalue weighted by atomic mass is 10.2. The highest BCUT2D eigenvalue weighted by Crippen LogP contribution is 2.27. The summed E-state index contributed by atoms with van der Waals surface area (Å²) in [5.74, 6) is 0.892. The second kappa shape index (κ2) is 7.79. The Balaban J connectivity index is 2.23. The van der Waals surface area contributed by atoms with Crippen LogP contribution >= 0.6 is 11.8 Å². The van der Waals surface area contributed by atoms with Crippen molar-refractivity contribution in [1.82, 2.24) is 10.6 Å². The molecule has 0 aromatic heterocycles. The lowest BCUT2D eigenvalue weighted by Crippen LogP contribution is -2.43. The van der Waals surface area contributed by atoms with E-state index in [2.05, 4.69) is 21.9 Å². The highest BCUT2D eigenvalue weighted by molar-refractivity contribution is 7.99. The van der Waals surface area contributed by atoms with E-state index in [1.54, 1.807) is 7.11 Å². The van der Waals surface area contributed by atoms with Gasteiger partial charge in [-0.1, -0.05) is 0 Å². The maximum absolute atomic E-state index is 4.99. The first-order chi connectivity index (χ1) is 7.80. The number of nitrogens with zero attached hydrogens (tertiary/aromatic N) is 1. The van der Waals surface area contributed by atoms with Crippen LogP contribution in [-0.4, -0.2) is 50.8 Å². The number of hydrogen-bond acceptors (Lipinski definition) is 3. The molecule has 0 aliphatic heterocycles. The summed E-state index contributed by atoms with van der Waals surface area (Å²) < 4.78 is 4.99. The number of guanidine groups is 1. The summed E-state index contributed by atoms with van der Waals surface area (Å²) in [6.45, 7) is 1.51. The molecule has 2 unspecified atom stereocenters. The Morgan fingerprint density at radius 1 is 1.50 bits per heavy atom. The molecule has 16 heavy (non-hydrogen) atoms. The summed E-state index contributed by atoms with van der Waals surface area (Å²) in [7, 11) is 3.51. The first-order valence-electron chi connectivity index (χ1n) is 5.79. The predicted octanol–water partition coefficient (Wildman–Crippen LogP) is 1.08. The van der Waals surface area contributed by atoms with Crippen molar-refractivity contribution < 1.29 is 4.74 Å². The normalized spacial score (nSPS) is 25.8. The first-order valence-corrected chi connectivity index (χ1v) is 7.07. The van der Waals surface area contributed by atoms with Crippen molar-refractivity contribution in [2.75, 3.05) is 33.6 Å². The fraction of sp³-hybridized carbons (Fsp3) is 0.909. The fourth-order valence-corrected chi connectivity index (χ4v) is 2.74. The van der Waals surface area contributed by atoms with Gasteiger partial charge in [-0.3, -0.25) is 4.99 Å². The van der Waals surface area contributed by atoms with Crippen LogP contribution in [0, 0.1) is 0 Å². The van der Waals surface area contributed by atoms with Crippen molar-refractivity contribution in [3.05, 3.63) is 0 Å². The third kappa shape index (κ3) is 4.61. The summed E-state index contributed by atoms with van der Waals surface area (Å²) >= 11 is 1.97. The highest BCUT2D eigenvalue weighted by atomic mass is 32.2. The summed E-state index contributed by atoms with van der Waals surface area (Å²) in [6.07, 6.45) is 6.00. The van der Waals surface area contributed by atoms with E-state index >= 15 is 0 Å². The third-order valence-corrected chi connectivity index (χ3v) is 3.98. The van der Waals surface area contributed by atoms with Crippen LogP contribution in [0.4, 0.5) is 0 Å². The monoisotopic (exact) mass is 245 g/mol. The average Bonchev–Trinajstić information content (AvgIpc) is 2.75. The lowest BCUT2D eigenvalue weighted by Gasteiger charge is -2.17. The van der Waals surface area contributed by atoms with Gasteiger partial charge in [-0.2, -0.15) is 11.8 Å². The zero-order valence-corrected chi connectivity index (χ0v) is 11.3. The van der Waals surface area contributed by atoms with Gasteiger partial charge in [0.15, 0.2) is 5.96 Å². The van der Waals surface area contributed by atoms with E-state index in [1.807, 2.05) is 18.8 Å². The van der Waals surface area contributed by atoms with E-state index < -0.39 is 0 Å². The molecule has 1 aliphatic carbocycles. The van der Waals surface area contributed by atoms with Gasteiger partial charge in [-0.15, -0.1) is 0 Å². The van der Waals surface area contributed by atoms with Crippen molar-refractivity contribution in [1.29, 1.82) is 0 Å². The number of thioether (sulfide) groups is 1. The van der Waals surface area contributed by atoms with Crippen LogP contribution in [0.3, 0.4) is 0 Å². The van der Waals surface area contributed by atoms with Crippen LogP contribution in [0.1, 0.15) is 19.3 Å². The Hall–Kier alpha value is -0.420. The molecule has 1 aliphatic rings. The standard InChI is InChI=1S/C11H23N3OS/c1-12-11(13-6-7-15-2)14-9-4-5-10(8-9)16-3/h9-10H,4-8H2,1-3H3,(H2,12,13,14). The van der Waals surface area contributed by atoms with Gasteiger partial charge in [0.1, 0.15) is 0 Å². The first kappa shape index (κ1) is 13.6. The van der Waals surface area contributed by atoms with Crippen molar-refractivity contribution in [2.24, 2.45) is 4.99 Å². The van der Waals surface area contributed by atoms with Gasteiger partial charge >= 0.3 is 0 Å². The molecule has 1 rings (SSSR count). The van der Waals surface area contributed by atoms with Crippen molar-refractivity contribution in [2.45, 2.75) is 30.6 Å².